The van der Waals surface area contributed by atoms with Crippen molar-refractivity contribution in [1.29, 1.82) is 0 Å². The molecule has 0 amide bonds. The first-order valence-corrected chi connectivity index (χ1v) is 10.4. The molecule has 16 heavy (non-hydrogen) atoms. The van der Waals surface area contributed by atoms with Gasteiger partial charge in [0.05, 0.1) is 0 Å². The normalized spacial score (nSPS) is 26.4. The molecule has 1 nitrogen and oxygen atoms in total. The summed E-state index contributed by atoms with van der Waals surface area (Å²) in [5.41, 5.74) is 1.52. The molecule has 0 aromatic rings. The third-order valence-corrected chi connectivity index (χ3v) is 4.87. The van der Waals surface area contributed by atoms with E-state index in [-0.39, 0.29) is 0 Å². The number of rotatable bonds is 5. The predicted molar refractivity (Wildman–Crippen MR) is 76.6 cm³/mol. The van der Waals surface area contributed by atoms with Crippen molar-refractivity contribution < 1.29 is 0 Å². The highest BCUT2D eigenvalue weighted by Crippen LogP contribution is 2.31. The Labute approximate surface area is 103 Å². The molecule has 0 aromatic heterocycles. The predicted octanol–water partition coefficient (Wildman–Crippen LogP) is 3.91. The summed E-state index contributed by atoms with van der Waals surface area (Å²) in [4.78, 5) is 0. The van der Waals surface area contributed by atoms with Gasteiger partial charge in [-0.05, 0) is 37.3 Å². The second-order valence-corrected chi connectivity index (χ2v) is 12.5. The Morgan fingerprint density at radius 1 is 1.38 bits per heavy atom. The van der Waals surface area contributed by atoms with E-state index in [0.29, 0.717) is 6.04 Å². The molecule has 2 atom stereocenters. The molecule has 0 spiro atoms. The summed E-state index contributed by atoms with van der Waals surface area (Å²) in [7, 11) is -0.985. The van der Waals surface area contributed by atoms with Gasteiger partial charge in [0.15, 0.2) is 0 Å². The molecular formula is C14H29NSi. The summed E-state index contributed by atoms with van der Waals surface area (Å²) < 4.78 is 0. The van der Waals surface area contributed by atoms with Crippen molar-refractivity contribution >= 4 is 8.07 Å². The number of hydrogen-bond acceptors (Lipinski definition) is 1. The van der Waals surface area contributed by atoms with Gasteiger partial charge < -0.3 is 5.32 Å². The van der Waals surface area contributed by atoms with Gasteiger partial charge in [0.1, 0.15) is 0 Å². The Kier molecular flexibility index (Phi) is 4.81. The van der Waals surface area contributed by atoms with Crippen molar-refractivity contribution in [2.75, 3.05) is 6.54 Å². The summed E-state index contributed by atoms with van der Waals surface area (Å²) >= 11 is 0. The smallest absolute Gasteiger partial charge is 0.0483 e. The lowest BCUT2D eigenvalue weighted by Gasteiger charge is -2.27. The minimum absolute atomic E-state index is 0.698. The standard InChI is InChI=1S/C14H29NSi/c1-11(2)9-14-13(7-8-15-14)12(3)10-16(4,5)6/h11,13-15H,3,7-10H2,1-2,4-6H3/t13-,14-/m0/s1. The molecule has 1 heterocycles. The Morgan fingerprint density at radius 3 is 2.50 bits per heavy atom. The van der Waals surface area contributed by atoms with Gasteiger partial charge in [-0.3, -0.25) is 0 Å². The van der Waals surface area contributed by atoms with Crippen molar-refractivity contribution in [3.63, 3.8) is 0 Å². The second-order valence-electron chi connectivity index (χ2n) is 6.98. The summed E-state index contributed by atoms with van der Waals surface area (Å²) in [6.45, 7) is 17.5. The van der Waals surface area contributed by atoms with Crippen LogP contribution in [-0.2, 0) is 0 Å². The lowest BCUT2D eigenvalue weighted by atomic mass is 9.88. The molecule has 1 fully saturated rings. The van der Waals surface area contributed by atoms with Crippen LogP contribution in [0.25, 0.3) is 0 Å². The summed E-state index contributed by atoms with van der Waals surface area (Å²) in [6, 6.07) is 2.00. The van der Waals surface area contributed by atoms with Gasteiger partial charge in [-0.15, -0.1) is 0 Å². The first kappa shape index (κ1) is 14.0. The van der Waals surface area contributed by atoms with E-state index in [0.717, 1.165) is 11.8 Å². The van der Waals surface area contributed by atoms with E-state index in [1.54, 1.807) is 0 Å². The molecule has 1 aliphatic heterocycles. The minimum atomic E-state index is -0.985. The summed E-state index contributed by atoms with van der Waals surface area (Å²) in [5, 5.41) is 3.66. The largest absolute Gasteiger partial charge is 0.313 e. The van der Waals surface area contributed by atoms with Crippen LogP contribution in [0, 0.1) is 11.8 Å². The molecule has 0 unspecified atom stereocenters. The quantitative estimate of drug-likeness (QED) is 0.567. The fourth-order valence-corrected chi connectivity index (χ4v) is 4.45. The van der Waals surface area contributed by atoms with Gasteiger partial charge in [-0.25, -0.2) is 0 Å². The van der Waals surface area contributed by atoms with E-state index in [4.69, 9.17) is 0 Å². The molecule has 0 aliphatic carbocycles. The van der Waals surface area contributed by atoms with Gasteiger partial charge in [-0.1, -0.05) is 45.6 Å². The molecule has 1 N–H and O–H groups in total. The summed E-state index contributed by atoms with van der Waals surface area (Å²) in [5.74, 6) is 1.53. The van der Waals surface area contributed by atoms with Crippen LogP contribution in [0.3, 0.4) is 0 Å². The molecule has 1 aliphatic rings. The summed E-state index contributed by atoms with van der Waals surface area (Å²) in [6.07, 6.45) is 2.61. The van der Waals surface area contributed by atoms with Crippen molar-refractivity contribution in [2.45, 2.75) is 58.4 Å². The zero-order chi connectivity index (χ0) is 12.3. The molecule has 0 saturated carbocycles. The fourth-order valence-electron chi connectivity index (χ4n) is 2.82. The van der Waals surface area contributed by atoms with E-state index >= 15 is 0 Å². The average Bonchev–Trinajstić information content (AvgIpc) is 2.47. The highest BCUT2D eigenvalue weighted by atomic mass is 28.3. The maximum Gasteiger partial charge on any atom is 0.0483 e. The monoisotopic (exact) mass is 239 g/mol. The van der Waals surface area contributed by atoms with E-state index < -0.39 is 8.07 Å². The lowest BCUT2D eigenvalue weighted by Crippen LogP contribution is -2.31. The molecule has 0 radical (unpaired) electrons. The SMILES string of the molecule is C=C(C[Si](C)(C)C)[C@@H]1CCN[C@H]1CC(C)C. The van der Waals surface area contributed by atoms with Gasteiger partial charge in [0.25, 0.3) is 0 Å². The molecule has 0 bridgehead atoms. The van der Waals surface area contributed by atoms with Crippen LogP contribution in [-0.4, -0.2) is 20.7 Å². The highest BCUT2D eigenvalue weighted by Gasteiger charge is 2.30. The molecule has 94 valence electrons. The van der Waals surface area contributed by atoms with E-state index in [9.17, 15) is 0 Å². The van der Waals surface area contributed by atoms with Gasteiger partial charge >= 0.3 is 0 Å². The Bertz CT molecular complexity index is 240. The van der Waals surface area contributed by atoms with Gasteiger partial charge in [0, 0.05) is 14.1 Å². The van der Waals surface area contributed by atoms with Crippen LogP contribution >= 0.6 is 0 Å². The van der Waals surface area contributed by atoms with Crippen molar-refractivity contribution in [2.24, 2.45) is 11.8 Å². The maximum absolute atomic E-state index is 4.37. The maximum atomic E-state index is 4.37. The van der Waals surface area contributed by atoms with Crippen LogP contribution in [0.2, 0.25) is 25.7 Å². The van der Waals surface area contributed by atoms with E-state index in [1.807, 2.05) is 0 Å². The third-order valence-electron chi connectivity index (χ3n) is 3.35. The average molecular weight is 239 g/mol. The van der Waals surface area contributed by atoms with Gasteiger partial charge in [-0.2, -0.15) is 0 Å². The van der Waals surface area contributed by atoms with Crippen LogP contribution < -0.4 is 5.32 Å². The first-order valence-electron chi connectivity index (χ1n) is 6.70. The van der Waals surface area contributed by atoms with Crippen molar-refractivity contribution in [3.8, 4) is 0 Å². The topological polar surface area (TPSA) is 12.0 Å². The second kappa shape index (κ2) is 5.50. The Hall–Kier alpha value is -0.0831. The highest BCUT2D eigenvalue weighted by molar-refractivity contribution is 6.76. The van der Waals surface area contributed by atoms with Crippen molar-refractivity contribution in [3.05, 3.63) is 12.2 Å². The van der Waals surface area contributed by atoms with Crippen molar-refractivity contribution in [1.82, 2.24) is 5.32 Å². The molecule has 1 rings (SSSR count). The lowest BCUT2D eigenvalue weighted by molar-refractivity contribution is 0.409. The zero-order valence-electron chi connectivity index (χ0n) is 11.8. The molecular weight excluding hydrogens is 210 g/mol. The molecule has 1 saturated heterocycles. The van der Waals surface area contributed by atoms with Crippen LogP contribution in [0.15, 0.2) is 12.2 Å². The third kappa shape index (κ3) is 4.42. The molecule has 2 heteroatoms. The minimum Gasteiger partial charge on any atom is -0.313 e. The molecule has 0 aromatic carbocycles. The Morgan fingerprint density at radius 2 is 2.00 bits per heavy atom. The number of nitrogens with one attached hydrogen (secondary N) is 1. The number of hydrogen-bond donors (Lipinski definition) is 1. The van der Waals surface area contributed by atoms with E-state index in [2.05, 4.69) is 45.4 Å². The zero-order valence-corrected chi connectivity index (χ0v) is 12.8. The van der Waals surface area contributed by atoms with Crippen LogP contribution in [0.4, 0.5) is 0 Å². The first-order chi connectivity index (χ1) is 7.29. The van der Waals surface area contributed by atoms with Crippen LogP contribution in [0.1, 0.15) is 26.7 Å². The van der Waals surface area contributed by atoms with E-state index in [1.165, 1.54) is 31.0 Å². The van der Waals surface area contributed by atoms with Crippen LogP contribution in [0.5, 0.6) is 0 Å². The Balaban J connectivity index is 2.54. The fraction of sp³-hybridized carbons (Fsp3) is 0.857. The van der Waals surface area contributed by atoms with Gasteiger partial charge in [0.2, 0.25) is 0 Å².